The summed E-state index contributed by atoms with van der Waals surface area (Å²) in [4.78, 5) is 0. The van der Waals surface area contributed by atoms with Crippen molar-refractivity contribution in [1.29, 1.82) is 0 Å². The Hall–Kier alpha value is -0.520. The molecule has 1 atom stereocenters. The number of hydrogen-bond donors (Lipinski definition) is 1. The van der Waals surface area contributed by atoms with Crippen LogP contribution in [0.15, 0.2) is 0 Å². The summed E-state index contributed by atoms with van der Waals surface area (Å²) in [6.45, 7) is 5.24. The fourth-order valence-corrected chi connectivity index (χ4v) is 3.07. The van der Waals surface area contributed by atoms with Crippen molar-refractivity contribution in [2.75, 3.05) is 19.7 Å². The first-order valence-electron chi connectivity index (χ1n) is 7.04. The van der Waals surface area contributed by atoms with E-state index >= 15 is 0 Å². The molecule has 0 aliphatic carbocycles. The zero-order chi connectivity index (χ0) is 12.6. The van der Waals surface area contributed by atoms with Crippen LogP contribution < -0.4 is 5.32 Å². The topological polar surface area (TPSA) is 47.0 Å². The van der Waals surface area contributed by atoms with E-state index in [-0.39, 0.29) is 6.10 Å². The number of aryl methyl sites for hydroxylation is 1. The summed E-state index contributed by atoms with van der Waals surface area (Å²) in [5.41, 5.74) is 0. The quantitative estimate of drug-likeness (QED) is 0.773. The summed E-state index contributed by atoms with van der Waals surface area (Å²) in [6, 6.07) is 0. The van der Waals surface area contributed by atoms with Crippen molar-refractivity contribution in [3.63, 3.8) is 0 Å². The van der Waals surface area contributed by atoms with E-state index in [1.54, 1.807) is 11.3 Å². The Morgan fingerprint density at radius 1 is 1.33 bits per heavy atom. The third-order valence-corrected chi connectivity index (χ3v) is 4.18. The van der Waals surface area contributed by atoms with Crippen LogP contribution in [0.3, 0.4) is 0 Å². The lowest BCUT2D eigenvalue weighted by molar-refractivity contribution is 0.0144. The number of rotatable bonds is 7. The summed E-state index contributed by atoms with van der Waals surface area (Å²) >= 11 is 1.73. The van der Waals surface area contributed by atoms with Gasteiger partial charge >= 0.3 is 0 Å². The molecule has 1 aliphatic rings. The van der Waals surface area contributed by atoms with Crippen LogP contribution in [0.5, 0.6) is 0 Å². The van der Waals surface area contributed by atoms with Gasteiger partial charge in [-0.25, -0.2) is 0 Å². The molecule has 1 unspecified atom stereocenters. The lowest BCUT2D eigenvalue weighted by atomic mass is 10.1. The van der Waals surface area contributed by atoms with E-state index in [1.807, 2.05) is 0 Å². The third kappa shape index (κ3) is 4.30. The monoisotopic (exact) mass is 269 g/mol. The second-order valence-electron chi connectivity index (χ2n) is 4.74. The van der Waals surface area contributed by atoms with Crippen LogP contribution in [0, 0.1) is 0 Å². The molecule has 0 saturated carbocycles. The van der Waals surface area contributed by atoms with Crippen LogP contribution in [0.1, 0.15) is 55.1 Å². The van der Waals surface area contributed by atoms with Crippen molar-refractivity contribution >= 4 is 11.3 Å². The second kappa shape index (κ2) is 7.81. The van der Waals surface area contributed by atoms with Crippen LogP contribution in [-0.4, -0.2) is 29.9 Å². The molecule has 1 aromatic heterocycles. The minimum Gasteiger partial charge on any atom is -0.371 e. The first-order chi connectivity index (χ1) is 8.90. The van der Waals surface area contributed by atoms with Gasteiger partial charge in [-0.15, -0.1) is 10.2 Å². The first-order valence-corrected chi connectivity index (χ1v) is 7.86. The lowest BCUT2D eigenvalue weighted by Gasteiger charge is -2.19. The summed E-state index contributed by atoms with van der Waals surface area (Å²) in [5.74, 6) is 0. The fourth-order valence-electron chi connectivity index (χ4n) is 2.10. The van der Waals surface area contributed by atoms with Crippen molar-refractivity contribution in [3.8, 4) is 0 Å². The first kappa shape index (κ1) is 13.9. The molecule has 1 aromatic rings. The zero-order valence-corrected chi connectivity index (χ0v) is 12.0. The molecule has 4 nitrogen and oxygen atoms in total. The van der Waals surface area contributed by atoms with Crippen LogP contribution in [0.25, 0.3) is 0 Å². The van der Waals surface area contributed by atoms with Gasteiger partial charge < -0.3 is 10.1 Å². The van der Waals surface area contributed by atoms with Crippen LogP contribution >= 0.6 is 11.3 Å². The molecule has 102 valence electrons. The Bertz CT molecular complexity index is 337. The average molecular weight is 269 g/mol. The summed E-state index contributed by atoms with van der Waals surface area (Å²) in [7, 11) is 0. The van der Waals surface area contributed by atoms with Crippen molar-refractivity contribution in [1.82, 2.24) is 15.5 Å². The molecule has 1 saturated heterocycles. The molecule has 18 heavy (non-hydrogen) atoms. The van der Waals surface area contributed by atoms with E-state index < -0.39 is 0 Å². The molecule has 0 bridgehead atoms. The standard InChI is InChI=1S/C13H23N3OS/c1-2-8-14-9-5-7-12-15-16-13(18-12)11-6-3-4-10-17-11/h11,14H,2-10H2,1H3. The van der Waals surface area contributed by atoms with Crippen LogP contribution in [0.2, 0.25) is 0 Å². The van der Waals surface area contributed by atoms with Gasteiger partial charge in [0.15, 0.2) is 0 Å². The van der Waals surface area contributed by atoms with Gasteiger partial charge in [-0.1, -0.05) is 18.3 Å². The predicted molar refractivity (Wildman–Crippen MR) is 73.9 cm³/mol. The minimum absolute atomic E-state index is 0.211. The molecule has 5 heteroatoms. The Kier molecular flexibility index (Phi) is 6.04. The van der Waals surface area contributed by atoms with E-state index in [0.717, 1.165) is 49.0 Å². The molecule has 0 aromatic carbocycles. The predicted octanol–water partition coefficient (Wildman–Crippen LogP) is 2.71. The van der Waals surface area contributed by atoms with Gasteiger partial charge in [-0.05, 0) is 45.2 Å². The van der Waals surface area contributed by atoms with Gasteiger partial charge in [-0.2, -0.15) is 0 Å². The van der Waals surface area contributed by atoms with E-state index in [1.165, 1.54) is 19.3 Å². The van der Waals surface area contributed by atoms with E-state index in [2.05, 4.69) is 22.4 Å². The van der Waals surface area contributed by atoms with E-state index in [0.29, 0.717) is 0 Å². The van der Waals surface area contributed by atoms with Crippen LogP contribution in [-0.2, 0) is 11.2 Å². The van der Waals surface area contributed by atoms with Crippen molar-refractivity contribution in [2.45, 2.75) is 51.6 Å². The minimum atomic E-state index is 0.211. The number of nitrogens with zero attached hydrogens (tertiary/aromatic N) is 2. The number of aromatic nitrogens is 2. The SMILES string of the molecule is CCCNCCCc1nnc(C2CCCCO2)s1. The highest BCUT2D eigenvalue weighted by Crippen LogP contribution is 2.29. The average Bonchev–Trinajstić information content (AvgIpc) is 2.88. The molecule has 0 amide bonds. The highest BCUT2D eigenvalue weighted by molar-refractivity contribution is 7.11. The van der Waals surface area contributed by atoms with Crippen LogP contribution in [0.4, 0.5) is 0 Å². The molecule has 1 N–H and O–H groups in total. The molecule has 2 rings (SSSR count). The normalized spacial score (nSPS) is 20.2. The Labute approximate surface area is 113 Å². The second-order valence-corrected chi connectivity index (χ2v) is 5.84. The van der Waals surface area contributed by atoms with Gasteiger partial charge in [0.05, 0.1) is 0 Å². The molecular weight excluding hydrogens is 246 g/mol. The number of hydrogen-bond acceptors (Lipinski definition) is 5. The number of ether oxygens (including phenoxy) is 1. The van der Waals surface area contributed by atoms with Gasteiger partial charge in [0.1, 0.15) is 16.1 Å². The Morgan fingerprint density at radius 2 is 2.28 bits per heavy atom. The maximum Gasteiger partial charge on any atom is 0.146 e. The highest BCUT2D eigenvalue weighted by Gasteiger charge is 2.20. The number of nitrogens with one attached hydrogen (secondary N) is 1. The Balaban J connectivity index is 1.72. The Morgan fingerprint density at radius 3 is 3.06 bits per heavy atom. The summed E-state index contributed by atoms with van der Waals surface area (Å²) in [5, 5.41) is 14.2. The van der Waals surface area contributed by atoms with Gasteiger partial charge in [0.2, 0.25) is 0 Å². The van der Waals surface area contributed by atoms with Gasteiger partial charge in [-0.3, -0.25) is 0 Å². The van der Waals surface area contributed by atoms with Crippen molar-refractivity contribution < 1.29 is 4.74 Å². The summed E-state index contributed by atoms with van der Waals surface area (Å²) < 4.78 is 5.73. The van der Waals surface area contributed by atoms with Crippen molar-refractivity contribution in [2.24, 2.45) is 0 Å². The maximum absolute atomic E-state index is 5.73. The lowest BCUT2D eigenvalue weighted by Crippen LogP contribution is -2.16. The van der Waals surface area contributed by atoms with Gasteiger partial charge in [0.25, 0.3) is 0 Å². The fraction of sp³-hybridized carbons (Fsp3) is 0.846. The highest BCUT2D eigenvalue weighted by atomic mass is 32.1. The van der Waals surface area contributed by atoms with E-state index in [4.69, 9.17) is 4.74 Å². The largest absolute Gasteiger partial charge is 0.371 e. The molecule has 1 aliphatic heterocycles. The summed E-state index contributed by atoms with van der Waals surface area (Å²) in [6.07, 6.45) is 7.12. The molecular formula is C13H23N3OS. The van der Waals surface area contributed by atoms with E-state index in [9.17, 15) is 0 Å². The smallest absolute Gasteiger partial charge is 0.146 e. The maximum atomic E-state index is 5.73. The van der Waals surface area contributed by atoms with Gasteiger partial charge in [0, 0.05) is 13.0 Å². The molecule has 2 heterocycles. The molecule has 0 spiro atoms. The van der Waals surface area contributed by atoms with Crippen molar-refractivity contribution in [3.05, 3.63) is 10.0 Å². The molecule has 0 radical (unpaired) electrons. The third-order valence-electron chi connectivity index (χ3n) is 3.11. The zero-order valence-electron chi connectivity index (χ0n) is 11.2. The molecule has 1 fully saturated rings.